The molecular formula is C13H7Br4F. The summed E-state index contributed by atoms with van der Waals surface area (Å²) in [6.45, 7) is 0. The van der Waals surface area contributed by atoms with Gasteiger partial charge in [0.1, 0.15) is 5.82 Å². The van der Waals surface area contributed by atoms with Gasteiger partial charge in [-0.15, -0.1) is 0 Å². The van der Waals surface area contributed by atoms with Crippen molar-refractivity contribution >= 4 is 63.7 Å². The number of rotatable bonds is 2. The maximum atomic E-state index is 13.3. The first-order valence-electron chi connectivity index (χ1n) is 5.03. The molecule has 0 aromatic heterocycles. The Bertz CT molecular complexity index is 532. The predicted octanol–water partition coefficient (Wildman–Crippen LogP) is 6.60. The van der Waals surface area contributed by atoms with Gasteiger partial charge in [0.05, 0.1) is 4.83 Å². The molecule has 0 aliphatic rings. The average molecular weight is 502 g/mol. The van der Waals surface area contributed by atoms with Crippen LogP contribution in [0.2, 0.25) is 0 Å². The van der Waals surface area contributed by atoms with E-state index < -0.39 is 0 Å². The smallest absolute Gasteiger partial charge is 0.123 e. The number of hydrogen-bond acceptors (Lipinski definition) is 0. The SMILES string of the molecule is Fc1ccc(Br)c(C(Br)c2cc(Br)ccc2Br)c1. The highest BCUT2D eigenvalue weighted by atomic mass is 79.9. The first-order chi connectivity index (χ1) is 8.49. The van der Waals surface area contributed by atoms with E-state index in [0.29, 0.717) is 0 Å². The summed E-state index contributed by atoms with van der Waals surface area (Å²) in [7, 11) is 0. The normalized spacial score (nSPS) is 12.5. The van der Waals surface area contributed by atoms with Crippen LogP contribution in [0.15, 0.2) is 49.8 Å². The van der Waals surface area contributed by atoms with Crippen LogP contribution in [0.5, 0.6) is 0 Å². The standard InChI is InChI=1S/C13H7Br4F/c14-7-1-3-11(15)9(5-7)13(17)10-6-8(18)2-4-12(10)16/h1-6,13H. The first kappa shape index (κ1) is 14.7. The molecular weight excluding hydrogens is 495 g/mol. The van der Waals surface area contributed by atoms with Crippen LogP contribution in [0.1, 0.15) is 16.0 Å². The summed E-state index contributed by atoms with van der Waals surface area (Å²) in [5.41, 5.74) is 1.89. The highest BCUT2D eigenvalue weighted by molar-refractivity contribution is 9.11. The van der Waals surface area contributed by atoms with E-state index in [-0.39, 0.29) is 10.6 Å². The minimum atomic E-state index is -0.247. The van der Waals surface area contributed by atoms with Crippen LogP contribution in [0, 0.1) is 5.82 Å². The van der Waals surface area contributed by atoms with Crippen LogP contribution in [-0.2, 0) is 0 Å². The first-order valence-corrected chi connectivity index (χ1v) is 8.32. The van der Waals surface area contributed by atoms with Crippen molar-refractivity contribution in [2.24, 2.45) is 0 Å². The molecule has 0 spiro atoms. The van der Waals surface area contributed by atoms with E-state index in [2.05, 4.69) is 63.7 Å². The Balaban J connectivity index is 2.50. The number of halogens is 5. The van der Waals surface area contributed by atoms with E-state index in [1.165, 1.54) is 12.1 Å². The van der Waals surface area contributed by atoms with Gasteiger partial charge in [0.15, 0.2) is 0 Å². The van der Waals surface area contributed by atoms with Gasteiger partial charge in [0, 0.05) is 13.4 Å². The van der Waals surface area contributed by atoms with Crippen LogP contribution >= 0.6 is 63.7 Å². The van der Waals surface area contributed by atoms with E-state index >= 15 is 0 Å². The van der Waals surface area contributed by atoms with Gasteiger partial charge in [-0.3, -0.25) is 0 Å². The lowest BCUT2D eigenvalue weighted by Gasteiger charge is -2.15. The summed E-state index contributed by atoms with van der Waals surface area (Å²) in [4.78, 5) is -0.0885. The molecule has 94 valence electrons. The van der Waals surface area contributed by atoms with E-state index in [9.17, 15) is 4.39 Å². The summed E-state index contributed by atoms with van der Waals surface area (Å²) < 4.78 is 16.2. The molecule has 1 atom stereocenters. The number of benzene rings is 2. The number of alkyl halides is 1. The fourth-order valence-corrected chi connectivity index (χ4v) is 4.29. The predicted molar refractivity (Wildman–Crippen MR) is 86.7 cm³/mol. The molecule has 0 heterocycles. The molecule has 0 saturated heterocycles. The Morgan fingerprint density at radius 1 is 0.833 bits per heavy atom. The Morgan fingerprint density at radius 3 is 2.06 bits per heavy atom. The van der Waals surface area contributed by atoms with Gasteiger partial charge in [-0.1, -0.05) is 63.7 Å². The van der Waals surface area contributed by atoms with Crippen LogP contribution in [0.25, 0.3) is 0 Å². The molecule has 5 heteroatoms. The maximum Gasteiger partial charge on any atom is 0.123 e. The molecule has 18 heavy (non-hydrogen) atoms. The molecule has 0 saturated carbocycles. The third-order valence-corrected chi connectivity index (χ3v) is 5.39. The Labute approximate surface area is 138 Å². The monoisotopic (exact) mass is 498 g/mol. The van der Waals surface area contributed by atoms with Crippen LogP contribution in [0.4, 0.5) is 4.39 Å². The fraction of sp³-hybridized carbons (Fsp3) is 0.0769. The van der Waals surface area contributed by atoms with Gasteiger partial charge in [-0.2, -0.15) is 0 Å². The molecule has 2 aromatic rings. The van der Waals surface area contributed by atoms with Gasteiger partial charge >= 0.3 is 0 Å². The molecule has 0 aliphatic heterocycles. The van der Waals surface area contributed by atoms with Crippen LogP contribution in [-0.4, -0.2) is 0 Å². The summed E-state index contributed by atoms with van der Waals surface area (Å²) in [5, 5.41) is 0. The molecule has 0 amide bonds. The van der Waals surface area contributed by atoms with E-state index in [4.69, 9.17) is 0 Å². The number of hydrogen-bond donors (Lipinski definition) is 0. The lowest BCUT2D eigenvalue weighted by atomic mass is 10.0. The molecule has 2 rings (SSSR count). The zero-order valence-corrected chi connectivity index (χ0v) is 15.3. The van der Waals surface area contributed by atoms with Gasteiger partial charge in [0.25, 0.3) is 0 Å². The van der Waals surface area contributed by atoms with Gasteiger partial charge in [-0.25, -0.2) is 4.39 Å². The third kappa shape index (κ3) is 3.24. The second-order valence-corrected chi connectivity index (χ2v) is 7.23. The molecule has 2 aromatic carbocycles. The Morgan fingerprint density at radius 2 is 1.39 bits per heavy atom. The molecule has 0 fully saturated rings. The molecule has 0 N–H and O–H groups in total. The second kappa shape index (κ2) is 6.16. The highest BCUT2D eigenvalue weighted by Gasteiger charge is 2.17. The second-order valence-electron chi connectivity index (χ2n) is 3.69. The maximum absolute atomic E-state index is 13.3. The molecule has 1 unspecified atom stereocenters. The van der Waals surface area contributed by atoms with E-state index in [1.807, 2.05) is 18.2 Å². The quantitative estimate of drug-likeness (QED) is 0.407. The van der Waals surface area contributed by atoms with Crippen molar-refractivity contribution in [3.05, 3.63) is 66.8 Å². The highest BCUT2D eigenvalue weighted by Crippen LogP contribution is 2.39. The Kier molecular flexibility index (Phi) is 5.03. The zero-order valence-electron chi connectivity index (χ0n) is 8.93. The Hall–Kier alpha value is 0.290. The van der Waals surface area contributed by atoms with Crippen molar-refractivity contribution in [2.75, 3.05) is 0 Å². The summed E-state index contributed by atoms with van der Waals surface area (Å²) in [6, 6.07) is 10.6. The molecule has 0 nitrogen and oxygen atoms in total. The summed E-state index contributed by atoms with van der Waals surface area (Å²) in [6.07, 6.45) is 0. The largest absolute Gasteiger partial charge is 0.207 e. The van der Waals surface area contributed by atoms with E-state index in [0.717, 1.165) is 24.5 Å². The van der Waals surface area contributed by atoms with Gasteiger partial charge in [-0.05, 0) is 47.5 Å². The summed E-state index contributed by atoms with van der Waals surface area (Å²) >= 11 is 14.0. The average Bonchev–Trinajstić information content (AvgIpc) is 2.34. The molecule has 0 radical (unpaired) electrons. The van der Waals surface area contributed by atoms with Crippen molar-refractivity contribution < 1.29 is 4.39 Å². The lowest BCUT2D eigenvalue weighted by Crippen LogP contribution is -1.96. The summed E-state index contributed by atoms with van der Waals surface area (Å²) in [5.74, 6) is -0.247. The van der Waals surface area contributed by atoms with Gasteiger partial charge in [0.2, 0.25) is 0 Å². The third-order valence-electron chi connectivity index (χ3n) is 2.46. The van der Waals surface area contributed by atoms with Crippen LogP contribution in [0.3, 0.4) is 0 Å². The van der Waals surface area contributed by atoms with Crippen molar-refractivity contribution in [2.45, 2.75) is 4.83 Å². The fourth-order valence-electron chi connectivity index (χ4n) is 1.59. The molecule has 0 bridgehead atoms. The van der Waals surface area contributed by atoms with Crippen molar-refractivity contribution in [1.82, 2.24) is 0 Å². The van der Waals surface area contributed by atoms with Gasteiger partial charge < -0.3 is 0 Å². The zero-order chi connectivity index (χ0) is 13.3. The lowest BCUT2D eigenvalue weighted by molar-refractivity contribution is 0.625. The minimum absolute atomic E-state index is 0.0885. The van der Waals surface area contributed by atoms with Crippen LogP contribution < -0.4 is 0 Å². The van der Waals surface area contributed by atoms with Crippen molar-refractivity contribution in [1.29, 1.82) is 0 Å². The molecule has 0 aliphatic carbocycles. The van der Waals surface area contributed by atoms with Crippen molar-refractivity contribution in [3.63, 3.8) is 0 Å². The van der Waals surface area contributed by atoms with Crippen molar-refractivity contribution in [3.8, 4) is 0 Å². The minimum Gasteiger partial charge on any atom is -0.207 e. The van der Waals surface area contributed by atoms with E-state index in [1.54, 1.807) is 6.07 Å². The topological polar surface area (TPSA) is 0 Å².